The van der Waals surface area contributed by atoms with E-state index < -0.39 is 18.6 Å². The van der Waals surface area contributed by atoms with Crippen molar-refractivity contribution in [3.63, 3.8) is 0 Å². The zero-order valence-corrected chi connectivity index (χ0v) is 11.6. The number of carbonyl (C=O) groups excluding carboxylic acids is 1. The van der Waals surface area contributed by atoms with Crippen LogP contribution in [0.1, 0.15) is 13.3 Å². The molecule has 0 aromatic heterocycles. The minimum Gasteiger partial charge on any atom is -0.480 e. The molecule has 1 aliphatic heterocycles. The lowest BCUT2D eigenvalue weighted by molar-refractivity contribution is -0.136. The van der Waals surface area contributed by atoms with Crippen LogP contribution in [-0.2, 0) is 9.59 Å². The first-order valence-corrected chi connectivity index (χ1v) is 6.48. The van der Waals surface area contributed by atoms with Gasteiger partial charge in [-0.15, -0.1) is 0 Å². The van der Waals surface area contributed by atoms with Gasteiger partial charge in [0.1, 0.15) is 12.6 Å². The number of hydrogen-bond acceptors (Lipinski definition) is 3. The molecule has 1 amide bonds. The van der Waals surface area contributed by atoms with E-state index in [1.165, 1.54) is 11.0 Å². The van der Waals surface area contributed by atoms with Gasteiger partial charge in [0.25, 0.3) is 0 Å². The number of anilines is 2. The van der Waals surface area contributed by atoms with Crippen LogP contribution in [0.25, 0.3) is 0 Å². The molecule has 5 nitrogen and oxygen atoms in total. The molecule has 0 spiro atoms. The molecule has 19 heavy (non-hydrogen) atoms. The predicted molar refractivity (Wildman–Crippen MR) is 74.2 cm³/mol. The molecule has 0 bridgehead atoms. The van der Waals surface area contributed by atoms with E-state index in [0.717, 1.165) is 0 Å². The molecule has 7 heteroatoms. The number of benzene rings is 1. The monoisotopic (exact) mass is 302 g/mol. The average molecular weight is 303 g/mol. The van der Waals surface area contributed by atoms with Crippen molar-refractivity contribution in [2.75, 3.05) is 16.8 Å². The second-order valence-corrected chi connectivity index (χ2v) is 5.02. The van der Waals surface area contributed by atoms with Crippen molar-refractivity contribution < 1.29 is 14.7 Å². The molecular formula is C12H12Cl2N2O3. The van der Waals surface area contributed by atoms with Gasteiger partial charge in [0.15, 0.2) is 0 Å². The maximum absolute atomic E-state index is 12.2. The zero-order chi connectivity index (χ0) is 14.2. The summed E-state index contributed by atoms with van der Waals surface area (Å²) in [5.41, 5.74) is 1.05. The number of carboxylic acid groups (broad SMARTS) is 1. The fourth-order valence-corrected chi connectivity index (χ4v) is 2.33. The molecule has 0 saturated carbocycles. The van der Waals surface area contributed by atoms with Gasteiger partial charge in [-0.05, 0) is 18.6 Å². The van der Waals surface area contributed by atoms with E-state index in [2.05, 4.69) is 5.32 Å². The summed E-state index contributed by atoms with van der Waals surface area (Å²) in [7, 11) is 0. The van der Waals surface area contributed by atoms with Gasteiger partial charge in [-0.1, -0.05) is 30.1 Å². The third-order valence-electron chi connectivity index (χ3n) is 2.92. The third kappa shape index (κ3) is 2.62. The number of hydrogen-bond donors (Lipinski definition) is 2. The summed E-state index contributed by atoms with van der Waals surface area (Å²) in [6.45, 7) is 1.44. The Balaban J connectivity index is 2.50. The average Bonchev–Trinajstić information content (AvgIpc) is 2.34. The Bertz CT molecular complexity index is 548. The van der Waals surface area contributed by atoms with Gasteiger partial charge in [0, 0.05) is 0 Å². The molecule has 2 rings (SSSR count). The fraction of sp³-hybridized carbons (Fsp3) is 0.333. The van der Waals surface area contributed by atoms with Crippen molar-refractivity contribution in [2.45, 2.75) is 19.4 Å². The van der Waals surface area contributed by atoms with Crippen molar-refractivity contribution in [1.29, 1.82) is 0 Å². The number of fused-ring (bicyclic) bond motifs is 1. The summed E-state index contributed by atoms with van der Waals surface area (Å²) in [6, 6.07) is 2.64. The van der Waals surface area contributed by atoms with Crippen molar-refractivity contribution in [3.05, 3.63) is 22.2 Å². The van der Waals surface area contributed by atoms with Crippen LogP contribution >= 0.6 is 23.2 Å². The lowest BCUT2D eigenvalue weighted by atomic mass is 10.1. The Morgan fingerprint density at radius 1 is 1.42 bits per heavy atom. The van der Waals surface area contributed by atoms with Crippen LogP contribution in [0.15, 0.2) is 12.1 Å². The number of carboxylic acids is 1. The van der Waals surface area contributed by atoms with Crippen molar-refractivity contribution in [1.82, 2.24) is 0 Å². The highest BCUT2D eigenvalue weighted by atomic mass is 35.5. The molecule has 1 heterocycles. The largest absolute Gasteiger partial charge is 0.480 e. The van der Waals surface area contributed by atoms with Crippen LogP contribution in [-0.4, -0.2) is 29.6 Å². The molecule has 1 aromatic carbocycles. The normalized spacial score (nSPS) is 17.9. The van der Waals surface area contributed by atoms with Gasteiger partial charge in [-0.25, -0.2) is 0 Å². The minimum atomic E-state index is -1.08. The first-order valence-electron chi connectivity index (χ1n) is 5.72. The van der Waals surface area contributed by atoms with Crippen LogP contribution < -0.4 is 10.2 Å². The number of halogens is 2. The van der Waals surface area contributed by atoms with Crippen molar-refractivity contribution in [2.24, 2.45) is 0 Å². The zero-order valence-electron chi connectivity index (χ0n) is 10.1. The van der Waals surface area contributed by atoms with Gasteiger partial charge < -0.3 is 10.4 Å². The van der Waals surface area contributed by atoms with Gasteiger partial charge in [0.2, 0.25) is 5.91 Å². The molecule has 0 fully saturated rings. The Kier molecular flexibility index (Phi) is 3.87. The number of amides is 1. The highest BCUT2D eigenvalue weighted by molar-refractivity contribution is 6.42. The quantitative estimate of drug-likeness (QED) is 0.900. The Morgan fingerprint density at radius 2 is 2.05 bits per heavy atom. The van der Waals surface area contributed by atoms with Crippen LogP contribution in [0.3, 0.4) is 0 Å². The first-order chi connectivity index (χ1) is 8.93. The summed E-state index contributed by atoms with van der Waals surface area (Å²) >= 11 is 11.9. The smallest absolute Gasteiger partial charge is 0.323 e. The maximum atomic E-state index is 12.2. The molecule has 0 radical (unpaired) electrons. The van der Waals surface area contributed by atoms with E-state index in [-0.39, 0.29) is 10.9 Å². The molecule has 0 saturated heterocycles. The molecule has 2 N–H and O–H groups in total. The van der Waals surface area contributed by atoms with E-state index in [1.54, 1.807) is 6.07 Å². The maximum Gasteiger partial charge on any atom is 0.323 e. The molecule has 102 valence electrons. The molecule has 1 atom stereocenters. The SMILES string of the molecule is CCC1Nc2cc(Cl)c(Cl)cc2N(CC(=O)O)C1=O. The van der Waals surface area contributed by atoms with Crippen LogP contribution in [0, 0.1) is 0 Å². The van der Waals surface area contributed by atoms with Gasteiger partial charge >= 0.3 is 5.97 Å². The van der Waals surface area contributed by atoms with Crippen LogP contribution in [0.4, 0.5) is 11.4 Å². The van der Waals surface area contributed by atoms with E-state index in [0.29, 0.717) is 22.8 Å². The van der Waals surface area contributed by atoms with E-state index in [1.807, 2.05) is 6.92 Å². The molecule has 1 unspecified atom stereocenters. The Labute approximate surface area is 120 Å². The van der Waals surface area contributed by atoms with E-state index in [4.69, 9.17) is 28.3 Å². The number of nitrogens with zero attached hydrogens (tertiary/aromatic N) is 1. The third-order valence-corrected chi connectivity index (χ3v) is 3.65. The lowest BCUT2D eigenvalue weighted by Gasteiger charge is -2.34. The van der Waals surface area contributed by atoms with Crippen molar-refractivity contribution in [3.8, 4) is 0 Å². The standard InChI is InChI=1S/C12H12Cl2N2O3/c1-2-8-12(19)16(5-11(17)18)10-4-7(14)6(13)3-9(10)15-8/h3-4,8,15H,2,5H2,1H3,(H,17,18). The van der Waals surface area contributed by atoms with E-state index >= 15 is 0 Å². The van der Waals surface area contributed by atoms with Crippen LogP contribution in [0.2, 0.25) is 10.0 Å². The van der Waals surface area contributed by atoms with Crippen molar-refractivity contribution >= 4 is 46.5 Å². The summed E-state index contributed by atoms with van der Waals surface area (Å²) in [5.74, 6) is -1.36. The molecule has 1 aliphatic rings. The van der Waals surface area contributed by atoms with E-state index in [9.17, 15) is 9.59 Å². The highest BCUT2D eigenvalue weighted by Gasteiger charge is 2.33. The second kappa shape index (κ2) is 5.27. The minimum absolute atomic E-state index is 0.278. The van der Waals surface area contributed by atoms with Crippen LogP contribution in [0.5, 0.6) is 0 Å². The second-order valence-electron chi connectivity index (χ2n) is 4.21. The highest BCUT2D eigenvalue weighted by Crippen LogP contribution is 2.38. The van der Waals surface area contributed by atoms with Gasteiger partial charge in [-0.3, -0.25) is 14.5 Å². The summed E-state index contributed by atoms with van der Waals surface area (Å²) in [6.07, 6.45) is 0.550. The summed E-state index contributed by atoms with van der Waals surface area (Å²) in [5, 5.41) is 12.6. The molecular weight excluding hydrogens is 291 g/mol. The topological polar surface area (TPSA) is 69.6 Å². The Hall–Kier alpha value is -1.46. The number of nitrogens with one attached hydrogen (secondary N) is 1. The Morgan fingerprint density at radius 3 is 2.63 bits per heavy atom. The predicted octanol–water partition coefficient (Wildman–Crippen LogP) is 2.62. The fourth-order valence-electron chi connectivity index (χ4n) is 2.01. The summed E-state index contributed by atoms with van der Waals surface area (Å²) < 4.78 is 0. The summed E-state index contributed by atoms with van der Waals surface area (Å²) in [4.78, 5) is 24.3. The number of aliphatic carboxylic acids is 1. The van der Waals surface area contributed by atoms with Gasteiger partial charge in [-0.2, -0.15) is 0 Å². The number of rotatable bonds is 3. The molecule has 1 aromatic rings. The number of carbonyl (C=O) groups is 2. The van der Waals surface area contributed by atoms with Gasteiger partial charge in [0.05, 0.1) is 21.4 Å². The first kappa shape index (κ1) is 14.0. The lowest BCUT2D eigenvalue weighted by Crippen LogP contribution is -2.48. The molecule has 0 aliphatic carbocycles.